The van der Waals surface area contributed by atoms with Crippen LogP contribution in [0.4, 0.5) is 11.4 Å². The molecule has 2 amide bonds. The van der Waals surface area contributed by atoms with Crippen LogP contribution in [0.25, 0.3) is 0 Å². The molecule has 1 unspecified atom stereocenters. The number of carbonyl (C=O) groups is 3. The molecule has 1 atom stereocenters. The van der Waals surface area contributed by atoms with Crippen LogP contribution in [0.3, 0.4) is 0 Å². The molecule has 2 aromatic rings. The zero-order valence-corrected chi connectivity index (χ0v) is 16.0. The van der Waals surface area contributed by atoms with E-state index in [4.69, 9.17) is 16.3 Å². The van der Waals surface area contributed by atoms with E-state index in [1.807, 2.05) is 12.1 Å². The van der Waals surface area contributed by atoms with Crippen LogP contribution in [0.5, 0.6) is 0 Å². The summed E-state index contributed by atoms with van der Waals surface area (Å²) in [5.41, 5.74) is 1.18. The second kappa shape index (κ2) is 8.45. The van der Waals surface area contributed by atoms with Gasteiger partial charge in [0.15, 0.2) is 6.10 Å². The van der Waals surface area contributed by atoms with Crippen LogP contribution in [0.2, 0.25) is 5.02 Å². The van der Waals surface area contributed by atoms with Crippen molar-refractivity contribution in [3.05, 3.63) is 53.6 Å². The summed E-state index contributed by atoms with van der Waals surface area (Å²) in [5, 5.41) is 3.12. The number of nitrogens with zero attached hydrogens (tertiary/aromatic N) is 1. The Balaban J connectivity index is 1.60. The van der Waals surface area contributed by atoms with Crippen molar-refractivity contribution in [1.29, 1.82) is 0 Å². The van der Waals surface area contributed by atoms with Gasteiger partial charge in [-0.3, -0.25) is 19.3 Å². The summed E-state index contributed by atoms with van der Waals surface area (Å²) in [6.07, 6.45) is -1.01. The SMILES string of the molecule is CC(OC(=O)CN1C(=O)CSc2ccccc21)C(=O)Nc1cccc(Cl)c1. The van der Waals surface area contributed by atoms with E-state index in [2.05, 4.69) is 5.32 Å². The lowest BCUT2D eigenvalue weighted by Crippen LogP contribution is -2.41. The fourth-order valence-corrected chi connectivity index (χ4v) is 3.68. The van der Waals surface area contributed by atoms with E-state index in [1.165, 1.54) is 23.6 Å². The van der Waals surface area contributed by atoms with Gasteiger partial charge in [0.25, 0.3) is 5.91 Å². The molecular weight excluding hydrogens is 388 g/mol. The number of hydrogen-bond acceptors (Lipinski definition) is 5. The molecule has 0 aliphatic carbocycles. The van der Waals surface area contributed by atoms with Crippen molar-refractivity contribution >= 4 is 52.5 Å². The monoisotopic (exact) mass is 404 g/mol. The first-order valence-electron chi connectivity index (χ1n) is 8.22. The number of fused-ring (bicyclic) bond motifs is 1. The third-order valence-electron chi connectivity index (χ3n) is 3.87. The molecule has 1 N–H and O–H groups in total. The molecule has 140 valence electrons. The molecule has 0 fully saturated rings. The second-order valence-corrected chi connectivity index (χ2v) is 7.32. The van der Waals surface area contributed by atoms with Crippen molar-refractivity contribution in [3.63, 3.8) is 0 Å². The Bertz CT molecular complexity index is 890. The van der Waals surface area contributed by atoms with Gasteiger partial charge in [0, 0.05) is 15.6 Å². The standard InChI is InChI=1S/C19H17ClN2O4S/c1-12(19(25)21-14-6-4-5-13(20)9-14)26-18(24)10-22-15-7-2-3-8-16(15)27-11-17(22)23/h2-9,12H,10-11H2,1H3,(H,21,25). The molecule has 27 heavy (non-hydrogen) atoms. The highest BCUT2D eigenvalue weighted by atomic mass is 35.5. The number of halogens is 1. The minimum absolute atomic E-state index is 0.174. The lowest BCUT2D eigenvalue weighted by molar-refractivity contribution is -0.152. The van der Waals surface area contributed by atoms with Crippen molar-refractivity contribution in [2.75, 3.05) is 22.5 Å². The topological polar surface area (TPSA) is 75.7 Å². The number of thioether (sulfide) groups is 1. The largest absolute Gasteiger partial charge is 0.451 e. The van der Waals surface area contributed by atoms with Crippen LogP contribution in [-0.2, 0) is 19.1 Å². The highest BCUT2D eigenvalue weighted by Crippen LogP contribution is 2.34. The molecule has 1 aliphatic rings. The maximum absolute atomic E-state index is 12.3. The Morgan fingerprint density at radius 2 is 2.04 bits per heavy atom. The summed E-state index contributed by atoms with van der Waals surface area (Å²) in [5.74, 6) is -1.05. The first-order valence-corrected chi connectivity index (χ1v) is 9.58. The summed E-state index contributed by atoms with van der Waals surface area (Å²) in [6.45, 7) is 1.23. The van der Waals surface area contributed by atoms with Gasteiger partial charge in [-0.1, -0.05) is 29.8 Å². The highest BCUT2D eigenvalue weighted by molar-refractivity contribution is 8.00. The number of ether oxygens (including phenoxy) is 1. The van der Waals surface area contributed by atoms with Gasteiger partial charge in [0.2, 0.25) is 5.91 Å². The van der Waals surface area contributed by atoms with E-state index < -0.39 is 18.0 Å². The van der Waals surface area contributed by atoms with Crippen molar-refractivity contribution < 1.29 is 19.1 Å². The Kier molecular flexibility index (Phi) is 6.03. The smallest absolute Gasteiger partial charge is 0.326 e. The van der Waals surface area contributed by atoms with Crippen LogP contribution >= 0.6 is 23.4 Å². The van der Waals surface area contributed by atoms with Crippen molar-refractivity contribution in [3.8, 4) is 0 Å². The number of hydrogen-bond donors (Lipinski definition) is 1. The molecule has 8 heteroatoms. The summed E-state index contributed by atoms with van der Waals surface area (Å²) in [6, 6.07) is 14.0. The lowest BCUT2D eigenvalue weighted by Gasteiger charge is -2.28. The Morgan fingerprint density at radius 3 is 2.81 bits per heavy atom. The number of carbonyl (C=O) groups excluding carboxylic acids is 3. The summed E-state index contributed by atoms with van der Waals surface area (Å²) in [7, 11) is 0. The van der Waals surface area contributed by atoms with Crippen LogP contribution in [-0.4, -0.2) is 36.2 Å². The van der Waals surface area contributed by atoms with E-state index in [9.17, 15) is 14.4 Å². The van der Waals surface area contributed by atoms with Crippen LogP contribution in [0, 0.1) is 0 Å². The van der Waals surface area contributed by atoms with E-state index in [0.717, 1.165) is 4.90 Å². The zero-order chi connectivity index (χ0) is 19.4. The number of rotatable bonds is 5. The molecule has 1 aliphatic heterocycles. The number of anilines is 2. The Hall–Kier alpha value is -2.51. The van der Waals surface area contributed by atoms with Gasteiger partial charge in [0.1, 0.15) is 6.54 Å². The third-order valence-corrected chi connectivity index (χ3v) is 5.15. The summed E-state index contributed by atoms with van der Waals surface area (Å²) >= 11 is 7.31. The number of benzene rings is 2. The third kappa shape index (κ3) is 4.81. The van der Waals surface area contributed by atoms with Crippen LogP contribution in [0.1, 0.15) is 6.92 Å². The van der Waals surface area contributed by atoms with Gasteiger partial charge in [-0.25, -0.2) is 0 Å². The molecular formula is C19H17ClN2O4S. The Labute approximate surface area is 165 Å². The van der Waals surface area contributed by atoms with Gasteiger partial charge >= 0.3 is 5.97 Å². The first kappa shape index (κ1) is 19.3. The van der Waals surface area contributed by atoms with Crippen molar-refractivity contribution in [1.82, 2.24) is 0 Å². The fraction of sp³-hybridized carbons (Fsp3) is 0.211. The van der Waals surface area contributed by atoms with Gasteiger partial charge in [-0.15, -0.1) is 11.8 Å². The van der Waals surface area contributed by atoms with Gasteiger partial charge < -0.3 is 10.1 Å². The number of para-hydroxylation sites is 1. The molecule has 0 radical (unpaired) electrons. The summed E-state index contributed by atoms with van der Waals surface area (Å²) in [4.78, 5) is 39.0. The second-order valence-electron chi connectivity index (χ2n) is 5.87. The maximum Gasteiger partial charge on any atom is 0.326 e. The predicted molar refractivity (Wildman–Crippen MR) is 105 cm³/mol. The quantitative estimate of drug-likeness (QED) is 0.773. The molecule has 2 aromatic carbocycles. The van der Waals surface area contributed by atoms with E-state index in [1.54, 1.807) is 36.4 Å². The predicted octanol–water partition coefficient (Wildman–Crippen LogP) is 3.35. The van der Waals surface area contributed by atoms with Crippen molar-refractivity contribution in [2.24, 2.45) is 0 Å². The van der Waals surface area contributed by atoms with E-state index in [-0.39, 0.29) is 18.2 Å². The normalized spacial score (nSPS) is 14.3. The minimum atomic E-state index is -1.01. The summed E-state index contributed by atoms with van der Waals surface area (Å²) < 4.78 is 5.20. The zero-order valence-electron chi connectivity index (χ0n) is 14.5. The minimum Gasteiger partial charge on any atom is -0.451 e. The molecule has 0 saturated carbocycles. The molecule has 0 saturated heterocycles. The first-order chi connectivity index (χ1) is 12.9. The number of nitrogens with one attached hydrogen (secondary N) is 1. The molecule has 1 heterocycles. The van der Waals surface area contributed by atoms with E-state index >= 15 is 0 Å². The van der Waals surface area contributed by atoms with Gasteiger partial charge in [-0.2, -0.15) is 0 Å². The Morgan fingerprint density at radius 1 is 1.26 bits per heavy atom. The number of amides is 2. The van der Waals surface area contributed by atoms with Crippen molar-refractivity contribution in [2.45, 2.75) is 17.9 Å². The number of esters is 1. The van der Waals surface area contributed by atoms with E-state index in [0.29, 0.717) is 16.4 Å². The molecule has 6 nitrogen and oxygen atoms in total. The average Bonchev–Trinajstić information content (AvgIpc) is 2.64. The van der Waals surface area contributed by atoms with Crippen LogP contribution in [0.15, 0.2) is 53.4 Å². The van der Waals surface area contributed by atoms with Gasteiger partial charge in [-0.05, 0) is 37.3 Å². The van der Waals surface area contributed by atoms with Gasteiger partial charge in [0.05, 0.1) is 11.4 Å². The lowest BCUT2D eigenvalue weighted by atomic mass is 10.2. The molecule has 0 bridgehead atoms. The fourth-order valence-electron chi connectivity index (χ4n) is 2.55. The molecule has 3 rings (SSSR count). The highest BCUT2D eigenvalue weighted by Gasteiger charge is 2.28. The maximum atomic E-state index is 12.3. The molecule has 0 spiro atoms. The van der Waals surface area contributed by atoms with Crippen LogP contribution < -0.4 is 10.2 Å². The molecule has 0 aromatic heterocycles. The average molecular weight is 405 g/mol.